The Hall–Kier alpha value is -3.48. The van der Waals surface area contributed by atoms with Gasteiger partial charge in [-0.1, -0.05) is 30.3 Å². The summed E-state index contributed by atoms with van der Waals surface area (Å²) < 4.78 is 5.20. The van der Waals surface area contributed by atoms with Crippen molar-refractivity contribution in [3.8, 4) is 11.5 Å². The molecule has 0 spiro atoms. The van der Waals surface area contributed by atoms with Crippen LogP contribution < -0.4 is 0 Å². The van der Waals surface area contributed by atoms with Crippen LogP contribution in [0.2, 0.25) is 0 Å². The molecule has 0 atom stereocenters. The van der Waals surface area contributed by atoms with Crippen LogP contribution in [0.3, 0.4) is 0 Å². The molecule has 1 aromatic heterocycles. The summed E-state index contributed by atoms with van der Waals surface area (Å²) in [5.41, 5.74) is 2.14. The topological polar surface area (TPSA) is 79.5 Å². The average Bonchev–Trinajstić information content (AvgIpc) is 3.29. The maximum absolute atomic E-state index is 13.3. The molecule has 1 saturated heterocycles. The van der Waals surface area contributed by atoms with Gasteiger partial charge in [0, 0.05) is 42.4 Å². The predicted octanol–water partition coefficient (Wildman–Crippen LogP) is 4.20. The second-order valence-corrected chi connectivity index (χ2v) is 8.11. The molecule has 3 aromatic rings. The Labute approximate surface area is 188 Å². The Morgan fingerprint density at radius 2 is 1.72 bits per heavy atom. The third-order valence-corrected chi connectivity index (χ3v) is 5.84. The van der Waals surface area contributed by atoms with Crippen LogP contribution in [-0.4, -0.2) is 57.4 Å². The van der Waals surface area contributed by atoms with Gasteiger partial charge in [-0.2, -0.15) is 4.98 Å². The lowest BCUT2D eigenvalue weighted by atomic mass is 10.00. The van der Waals surface area contributed by atoms with Crippen molar-refractivity contribution in [3.05, 3.63) is 71.5 Å². The van der Waals surface area contributed by atoms with E-state index < -0.39 is 0 Å². The van der Waals surface area contributed by atoms with E-state index >= 15 is 0 Å². The molecule has 1 aliphatic rings. The summed E-state index contributed by atoms with van der Waals surface area (Å²) in [4.78, 5) is 34.1. The highest BCUT2D eigenvalue weighted by molar-refractivity contribution is 5.95. The van der Waals surface area contributed by atoms with Crippen molar-refractivity contribution in [1.29, 1.82) is 0 Å². The van der Waals surface area contributed by atoms with E-state index in [1.807, 2.05) is 64.4 Å². The molecule has 0 unspecified atom stereocenters. The molecule has 0 radical (unpaired) electrons. The number of hydrogen-bond donors (Lipinski definition) is 0. The van der Waals surface area contributed by atoms with Crippen molar-refractivity contribution in [2.24, 2.45) is 0 Å². The minimum absolute atomic E-state index is 0.0212. The summed E-state index contributed by atoms with van der Waals surface area (Å²) in [7, 11) is 0. The number of carbonyl (C=O) groups excluding carboxylic acids is 2. The molecule has 4 rings (SSSR count). The van der Waals surface area contributed by atoms with Crippen molar-refractivity contribution in [2.75, 3.05) is 19.6 Å². The highest BCUT2D eigenvalue weighted by Gasteiger charge is 2.30. The van der Waals surface area contributed by atoms with Crippen LogP contribution in [0.4, 0.5) is 0 Å². The number of rotatable bonds is 6. The van der Waals surface area contributed by atoms with Crippen molar-refractivity contribution in [1.82, 2.24) is 19.9 Å². The van der Waals surface area contributed by atoms with E-state index in [0.717, 1.165) is 24.8 Å². The van der Waals surface area contributed by atoms with Crippen molar-refractivity contribution >= 4 is 11.8 Å². The second kappa shape index (κ2) is 9.77. The van der Waals surface area contributed by atoms with E-state index in [9.17, 15) is 9.59 Å². The minimum Gasteiger partial charge on any atom is -0.338 e. The smallest absolute Gasteiger partial charge is 0.257 e. The Balaban J connectivity index is 1.42. The largest absolute Gasteiger partial charge is 0.338 e. The summed E-state index contributed by atoms with van der Waals surface area (Å²) in [5.74, 6) is 1.10. The zero-order valence-corrected chi connectivity index (χ0v) is 18.5. The third-order valence-electron chi connectivity index (χ3n) is 5.84. The van der Waals surface area contributed by atoms with Gasteiger partial charge in [-0.3, -0.25) is 9.59 Å². The molecular formula is C25H28N4O3. The molecule has 7 nitrogen and oxygen atoms in total. The molecule has 1 fully saturated rings. The van der Waals surface area contributed by atoms with Gasteiger partial charge in [0.15, 0.2) is 5.82 Å². The fourth-order valence-electron chi connectivity index (χ4n) is 4.17. The van der Waals surface area contributed by atoms with Gasteiger partial charge in [0.1, 0.15) is 0 Å². The fraction of sp³-hybridized carbons (Fsp3) is 0.360. The van der Waals surface area contributed by atoms with E-state index in [1.165, 1.54) is 0 Å². The molecule has 2 aromatic carbocycles. The van der Waals surface area contributed by atoms with Crippen molar-refractivity contribution < 1.29 is 14.1 Å². The molecule has 0 N–H and O–H groups in total. The summed E-state index contributed by atoms with van der Waals surface area (Å²) in [5, 5.41) is 3.81. The quantitative estimate of drug-likeness (QED) is 0.583. The number of aromatic nitrogens is 2. The van der Waals surface area contributed by atoms with Crippen LogP contribution in [0.5, 0.6) is 0 Å². The molecular weight excluding hydrogens is 404 g/mol. The maximum atomic E-state index is 13.3. The zero-order valence-electron chi connectivity index (χ0n) is 18.5. The Morgan fingerprint density at radius 3 is 2.31 bits per heavy atom. The number of hydrogen-bond acceptors (Lipinski definition) is 5. The first-order chi connectivity index (χ1) is 15.6. The van der Waals surface area contributed by atoms with Gasteiger partial charge in [-0.05, 0) is 62.6 Å². The molecule has 0 bridgehead atoms. The predicted molar refractivity (Wildman–Crippen MR) is 121 cm³/mol. The first-order valence-electron chi connectivity index (χ1n) is 11.1. The number of aryl methyl sites for hydroxylation is 1. The normalized spacial score (nSPS) is 14.4. The zero-order chi connectivity index (χ0) is 22.5. The number of piperidine rings is 1. The molecule has 7 heteroatoms. The number of carbonyl (C=O) groups is 2. The molecule has 0 saturated carbocycles. The number of nitrogens with zero attached hydrogens (tertiary/aromatic N) is 4. The van der Waals surface area contributed by atoms with Gasteiger partial charge >= 0.3 is 0 Å². The summed E-state index contributed by atoms with van der Waals surface area (Å²) in [6.45, 7) is 5.85. The van der Waals surface area contributed by atoms with Crippen molar-refractivity contribution in [3.63, 3.8) is 0 Å². The summed E-state index contributed by atoms with van der Waals surface area (Å²) in [6.07, 6.45) is 2.45. The first kappa shape index (κ1) is 21.7. The van der Waals surface area contributed by atoms with E-state index in [4.69, 9.17) is 4.52 Å². The number of likely N-dealkylation sites (tertiary alicyclic amines) is 1. The van der Waals surface area contributed by atoms with Crippen LogP contribution in [0, 0.1) is 6.92 Å². The Kier molecular flexibility index (Phi) is 6.63. The molecule has 0 aliphatic carbocycles. The van der Waals surface area contributed by atoms with E-state index in [0.29, 0.717) is 42.5 Å². The SMILES string of the molecule is CCCN(C(=O)c1ccc(-c2nc(C)no2)cc1)C1CCN(C(=O)c2ccccc2)CC1. The standard InChI is InChI=1S/C25H28N4O3/c1-3-15-29(22-13-16-28(17-14-22)24(30)20-7-5-4-6-8-20)25(31)21-11-9-19(10-12-21)23-26-18(2)27-32-23/h4-12,22H,3,13-17H2,1-2H3. The molecule has 1 aliphatic heterocycles. The van der Waals surface area contributed by atoms with Gasteiger partial charge < -0.3 is 14.3 Å². The summed E-state index contributed by atoms with van der Waals surface area (Å²) in [6, 6.07) is 16.8. The highest BCUT2D eigenvalue weighted by atomic mass is 16.5. The number of benzene rings is 2. The van der Waals surface area contributed by atoms with Gasteiger partial charge in [0.05, 0.1) is 0 Å². The Bertz CT molecular complexity index is 1050. The Morgan fingerprint density at radius 1 is 1.03 bits per heavy atom. The van der Waals surface area contributed by atoms with Crippen LogP contribution in [-0.2, 0) is 0 Å². The van der Waals surface area contributed by atoms with Gasteiger partial charge in [0.2, 0.25) is 0 Å². The summed E-state index contributed by atoms with van der Waals surface area (Å²) >= 11 is 0. The number of amides is 2. The maximum Gasteiger partial charge on any atom is 0.257 e. The lowest BCUT2D eigenvalue weighted by Crippen LogP contribution is -2.49. The lowest BCUT2D eigenvalue weighted by molar-refractivity contribution is 0.0519. The molecule has 2 heterocycles. The second-order valence-electron chi connectivity index (χ2n) is 8.11. The van der Waals surface area contributed by atoms with Gasteiger partial charge in [-0.15, -0.1) is 0 Å². The van der Waals surface area contributed by atoms with Crippen LogP contribution in [0.25, 0.3) is 11.5 Å². The fourth-order valence-corrected chi connectivity index (χ4v) is 4.17. The average molecular weight is 433 g/mol. The monoisotopic (exact) mass is 432 g/mol. The van der Waals surface area contributed by atoms with E-state index in [1.54, 1.807) is 6.92 Å². The van der Waals surface area contributed by atoms with Crippen LogP contribution >= 0.6 is 0 Å². The third kappa shape index (κ3) is 4.72. The lowest BCUT2D eigenvalue weighted by Gasteiger charge is -2.38. The van der Waals surface area contributed by atoms with E-state index in [2.05, 4.69) is 17.1 Å². The molecule has 166 valence electrons. The molecule has 2 amide bonds. The highest BCUT2D eigenvalue weighted by Crippen LogP contribution is 2.23. The van der Waals surface area contributed by atoms with Crippen molar-refractivity contribution in [2.45, 2.75) is 39.2 Å². The van der Waals surface area contributed by atoms with Crippen LogP contribution in [0.15, 0.2) is 59.1 Å². The van der Waals surface area contributed by atoms with Crippen LogP contribution in [0.1, 0.15) is 52.7 Å². The van der Waals surface area contributed by atoms with Gasteiger partial charge in [-0.25, -0.2) is 0 Å². The first-order valence-corrected chi connectivity index (χ1v) is 11.1. The van der Waals surface area contributed by atoms with Gasteiger partial charge in [0.25, 0.3) is 17.7 Å². The minimum atomic E-state index is 0.0212. The molecule has 32 heavy (non-hydrogen) atoms. The van der Waals surface area contributed by atoms with E-state index in [-0.39, 0.29) is 17.9 Å².